The molecule has 0 saturated carbocycles. The molecule has 1 aliphatic heterocycles. The fraction of sp³-hybridized carbons (Fsp3) is 0. The normalized spacial score (nSPS) is 14.0. The first kappa shape index (κ1) is 16.5. The molecule has 0 bridgehead atoms. The minimum Gasteiger partial charge on any atom is -0.494 e. The van der Waals surface area contributed by atoms with E-state index in [9.17, 15) is 9.90 Å². The summed E-state index contributed by atoms with van der Waals surface area (Å²) in [6.45, 7) is 0. The molecule has 0 unspecified atom stereocenters. The van der Waals surface area contributed by atoms with E-state index in [0.29, 0.717) is 10.7 Å². The summed E-state index contributed by atoms with van der Waals surface area (Å²) < 4.78 is 1.48. The van der Waals surface area contributed by atoms with Crippen LogP contribution in [0.4, 0.5) is 5.69 Å². The third-order valence-corrected chi connectivity index (χ3v) is 4.60. The van der Waals surface area contributed by atoms with Crippen LogP contribution < -0.4 is 5.56 Å². The molecule has 0 amide bonds. The molecular formula is C19H12ClN3O2S. The molecule has 26 heavy (non-hydrogen) atoms. The summed E-state index contributed by atoms with van der Waals surface area (Å²) in [5, 5.41) is 11.3. The summed E-state index contributed by atoms with van der Waals surface area (Å²) in [6, 6.07) is 14.4. The highest BCUT2D eigenvalue weighted by molar-refractivity contribution is 7.71. The Morgan fingerprint density at radius 2 is 1.88 bits per heavy atom. The van der Waals surface area contributed by atoms with E-state index in [4.69, 9.17) is 23.8 Å². The SMILES string of the molecule is O=c1[nH]c(=S)n(-c2ccc(Cl)cc2)c(O)c1/C=C1/C=Nc2ccccc21. The molecule has 7 heteroatoms. The Hall–Kier alpha value is -2.96. The van der Waals surface area contributed by atoms with Gasteiger partial charge in [0.1, 0.15) is 5.56 Å². The molecule has 4 rings (SSSR count). The van der Waals surface area contributed by atoms with Crippen molar-refractivity contribution in [2.75, 3.05) is 0 Å². The Labute approximate surface area is 158 Å². The van der Waals surface area contributed by atoms with Crippen molar-refractivity contribution in [2.45, 2.75) is 0 Å². The topological polar surface area (TPSA) is 70.4 Å². The van der Waals surface area contributed by atoms with Crippen molar-refractivity contribution in [1.82, 2.24) is 9.55 Å². The smallest absolute Gasteiger partial charge is 0.262 e. The predicted molar refractivity (Wildman–Crippen MR) is 106 cm³/mol. The van der Waals surface area contributed by atoms with Crippen LogP contribution in [0.2, 0.25) is 5.02 Å². The minimum absolute atomic E-state index is 0.0949. The van der Waals surface area contributed by atoms with Gasteiger partial charge in [-0.2, -0.15) is 0 Å². The van der Waals surface area contributed by atoms with Gasteiger partial charge in [-0.05, 0) is 48.6 Å². The Balaban J connectivity index is 1.91. The number of aromatic hydroxyl groups is 1. The highest BCUT2D eigenvalue weighted by Gasteiger charge is 2.16. The molecule has 5 nitrogen and oxygen atoms in total. The van der Waals surface area contributed by atoms with Crippen molar-refractivity contribution in [1.29, 1.82) is 0 Å². The van der Waals surface area contributed by atoms with E-state index in [0.717, 1.165) is 16.8 Å². The highest BCUT2D eigenvalue weighted by Crippen LogP contribution is 2.33. The van der Waals surface area contributed by atoms with E-state index in [2.05, 4.69) is 9.98 Å². The Kier molecular flexibility index (Phi) is 4.06. The molecule has 0 fully saturated rings. The zero-order valence-electron chi connectivity index (χ0n) is 13.3. The number of hydrogen-bond acceptors (Lipinski definition) is 4. The summed E-state index contributed by atoms with van der Waals surface area (Å²) in [6.07, 6.45) is 3.27. The number of nitrogens with zero attached hydrogens (tertiary/aromatic N) is 2. The van der Waals surface area contributed by atoms with Gasteiger partial charge in [0.15, 0.2) is 4.77 Å². The first-order valence-electron chi connectivity index (χ1n) is 7.74. The van der Waals surface area contributed by atoms with Gasteiger partial charge in [-0.15, -0.1) is 0 Å². The second kappa shape index (κ2) is 6.40. The molecule has 128 valence electrons. The monoisotopic (exact) mass is 381 g/mol. The van der Waals surface area contributed by atoms with Gasteiger partial charge in [0.05, 0.1) is 11.4 Å². The standard InChI is InChI=1S/C19H12ClN3O2S/c20-12-5-7-13(8-6-12)23-18(25)15(17(24)22-19(23)26)9-11-10-21-16-4-2-1-3-14(11)16/h1-10,25H,(H,22,24,26)/b11-9-. The van der Waals surface area contributed by atoms with Crippen LogP contribution in [0, 0.1) is 4.77 Å². The second-order valence-corrected chi connectivity index (χ2v) is 6.51. The summed E-state index contributed by atoms with van der Waals surface area (Å²) in [5.41, 5.74) is 2.68. The number of allylic oxidation sites excluding steroid dienone is 1. The molecule has 2 N–H and O–H groups in total. The lowest BCUT2D eigenvalue weighted by Gasteiger charge is -2.11. The first-order valence-corrected chi connectivity index (χ1v) is 8.52. The summed E-state index contributed by atoms with van der Waals surface area (Å²) in [5.74, 6) is -0.244. The Morgan fingerprint density at radius 3 is 2.65 bits per heavy atom. The molecule has 0 atom stereocenters. The molecular weight excluding hydrogens is 370 g/mol. The van der Waals surface area contributed by atoms with Crippen molar-refractivity contribution >= 4 is 47.4 Å². The van der Waals surface area contributed by atoms with Gasteiger partial charge >= 0.3 is 0 Å². The van der Waals surface area contributed by atoms with Gasteiger partial charge in [-0.1, -0.05) is 29.8 Å². The second-order valence-electron chi connectivity index (χ2n) is 5.68. The zero-order chi connectivity index (χ0) is 18.3. The lowest BCUT2D eigenvalue weighted by atomic mass is 10.1. The average Bonchev–Trinajstić information content (AvgIpc) is 3.03. The maximum Gasteiger partial charge on any atom is 0.262 e. The van der Waals surface area contributed by atoms with Gasteiger partial charge in [0, 0.05) is 22.4 Å². The van der Waals surface area contributed by atoms with Crippen LogP contribution in [0.1, 0.15) is 11.1 Å². The van der Waals surface area contributed by atoms with Crippen LogP contribution in [-0.2, 0) is 0 Å². The summed E-state index contributed by atoms with van der Waals surface area (Å²) >= 11 is 11.1. The quantitative estimate of drug-likeness (QED) is 0.641. The van der Waals surface area contributed by atoms with Crippen LogP contribution >= 0.6 is 23.8 Å². The maximum absolute atomic E-state index is 12.4. The van der Waals surface area contributed by atoms with E-state index in [1.165, 1.54) is 4.57 Å². The van der Waals surface area contributed by atoms with Gasteiger partial charge in [-0.25, -0.2) is 0 Å². The van der Waals surface area contributed by atoms with E-state index >= 15 is 0 Å². The largest absolute Gasteiger partial charge is 0.494 e. The van der Waals surface area contributed by atoms with Crippen LogP contribution in [0.3, 0.4) is 0 Å². The van der Waals surface area contributed by atoms with Gasteiger partial charge in [0.25, 0.3) is 5.56 Å². The van der Waals surface area contributed by atoms with E-state index in [1.807, 2.05) is 24.3 Å². The number of hydrogen-bond donors (Lipinski definition) is 2. The Bertz CT molecular complexity index is 1190. The molecule has 3 aromatic rings. The number of benzene rings is 2. The van der Waals surface area contributed by atoms with Crippen LogP contribution in [0.25, 0.3) is 17.3 Å². The van der Waals surface area contributed by atoms with E-state index in [-0.39, 0.29) is 16.2 Å². The highest BCUT2D eigenvalue weighted by atomic mass is 35.5. The van der Waals surface area contributed by atoms with Gasteiger partial charge in [0.2, 0.25) is 5.88 Å². The maximum atomic E-state index is 12.4. The molecule has 2 aromatic carbocycles. The predicted octanol–water partition coefficient (Wildman–Crippen LogP) is 4.51. The number of para-hydroxylation sites is 1. The first-order chi connectivity index (χ1) is 12.5. The summed E-state index contributed by atoms with van der Waals surface area (Å²) in [7, 11) is 0. The minimum atomic E-state index is -0.469. The molecule has 0 radical (unpaired) electrons. The van der Waals surface area contributed by atoms with E-state index in [1.54, 1.807) is 36.6 Å². The number of aromatic nitrogens is 2. The third kappa shape index (κ3) is 2.79. The lowest BCUT2D eigenvalue weighted by molar-refractivity contribution is 0.432. The van der Waals surface area contributed by atoms with Crippen LogP contribution in [0.5, 0.6) is 5.88 Å². The van der Waals surface area contributed by atoms with Crippen molar-refractivity contribution < 1.29 is 5.11 Å². The third-order valence-electron chi connectivity index (χ3n) is 4.06. The van der Waals surface area contributed by atoms with Crippen molar-refractivity contribution in [2.24, 2.45) is 4.99 Å². The van der Waals surface area contributed by atoms with Gasteiger partial charge < -0.3 is 5.11 Å². The van der Waals surface area contributed by atoms with Crippen LogP contribution in [0.15, 0.2) is 58.3 Å². The van der Waals surface area contributed by atoms with Crippen molar-refractivity contribution in [3.63, 3.8) is 0 Å². The Morgan fingerprint density at radius 1 is 1.15 bits per heavy atom. The fourth-order valence-electron chi connectivity index (χ4n) is 2.81. The van der Waals surface area contributed by atoms with Crippen LogP contribution in [-0.4, -0.2) is 20.9 Å². The molecule has 1 aliphatic rings. The molecule has 0 saturated heterocycles. The van der Waals surface area contributed by atoms with Crippen molar-refractivity contribution in [3.8, 4) is 11.6 Å². The lowest BCUT2D eigenvalue weighted by Crippen LogP contribution is -2.16. The molecule has 1 aromatic heterocycles. The number of aromatic amines is 1. The number of fused-ring (bicyclic) bond motifs is 1. The average molecular weight is 382 g/mol. The molecule has 2 heterocycles. The van der Waals surface area contributed by atoms with E-state index < -0.39 is 5.56 Å². The fourth-order valence-corrected chi connectivity index (χ4v) is 3.22. The number of nitrogens with one attached hydrogen (secondary N) is 1. The van der Waals surface area contributed by atoms with Gasteiger partial charge in [-0.3, -0.25) is 19.3 Å². The zero-order valence-corrected chi connectivity index (χ0v) is 14.9. The number of aliphatic imine (C=N–C) groups is 1. The van der Waals surface area contributed by atoms with Crippen molar-refractivity contribution in [3.05, 3.63) is 79.8 Å². The number of halogens is 1. The number of H-pyrrole nitrogens is 1. The number of rotatable bonds is 2. The molecule has 0 aliphatic carbocycles. The molecule has 0 spiro atoms. The summed E-state index contributed by atoms with van der Waals surface area (Å²) in [4.78, 5) is 19.3.